The van der Waals surface area contributed by atoms with E-state index in [1.54, 1.807) is 11.3 Å². The molecular weight excluding hydrogens is 289 g/mol. The molecule has 0 spiro atoms. The Bertz CT molecular complexity index is 448. The summed E-state index contributed by atoms with van der Waals surface area (Å²) in [5.74, 6) is 0. The minimum absolute atomic E-state index is 0. The van der Waals surface area contributed by atoms with Crippen molar-refractivity contribution in [3.8, 4) is 0 Å². The molecule has 1 aromatic heterocycles. The summed E-state index contributed by atoms with van der Waals surface area (Å²) in [7, 11) is 2.09. The van der Waals surface area contributed by atoms with E-state index in [9.17, 15) is 0 Å². The highest BCUT2D eigenvalue weighted by Gasteiger charge is 2.03. The van der Waals surface area contributed by atoms with Crippen LogP contribution in [-0.2, 0) is 13.1 Å². The lowest BCUT2D eigenvalue weighted by atomic mass is 10.2. The second-order valence-corrected chi connectivity index (χ2v) is 4.82. The second-order valence-electron chi connectivity index (χ2n) is 3.84. The molecule has 3 nitrogen and oxygen atoms in total. The molecule has 0 radical (unpaired) electrons. The summed E-state index contributed by atoms with van der Waals surface area (Å²) >= 11 is 1.69. The fraction of sp³-hybridized carbons (Fsp3) is 0.250. The van der Waals surface area contributed by atoms with Gasteiger partial charge in [0.05, 0.1) is 6.54 Å². The van der Waals surface area contributed by atoms with Crippen molar-refractivity contribution in [1.29, 1.82) is 0 Å². The quantitative estimate of drug-likeness (QED) is 0.882. The number of halogens is 2. The third-order valence-corrected chi connectivity index (χ3v) is 3.06. The number of aromatic nitrogens is 1. The molecule has 1 aromatic carbocycles. The van der Waals surface area contributed by atoms with E-state index in [-0.39, 0.29) is 24.8 Å². The van der Waals surface area contributed by atoms with E-state index in [1.165, 1.54) is 5.56 Å². The third-order valence-electron chi connectivity index (χ3n) is 2.29. The normalized spacial score (nSPS) is 9.67. The molecule has 2 rings (SSSR count). The van der Waals surface area contributed by atoms with E-state index >= 15 is 0 Å². The predicted octanol–water partition coefficient (Wildman–Crippen LogP) is 3.20. The van der Waals surface area contributed by atoms with Crippen LogP contribution in [0.5, 0.6) is 0 Å². The van der Waals surface area contributed by atoms with Crippen LogP contribution < -0.4 is 5.73 Å². The lowest BCUT2D eigenvalue weighted by Gasteiger charge is -2.15. The van der Waals surface area contributed by atoms with Crippen molar-refractivity contribution in [2.24, 2.45) is 0 Å². The Morgan fingerprint density at radius 2 is 2.06 bits per heavy atom. The third kappa shape index (κ3) is 5.23. The summed E-state index contributed by atoms with van der Waals surface area (Å²) < 4.78 is 0. The Hall–Kier alpha value is -0.810. The SMILES string of the molecule is CN(Cc1cccc(N)c1)Cc1nccs1.Cl.Cl. The molecule has 1 heterocycles. The Kier molecular flexibility index (Phi) is 7.95. The van der Waals surface area contributed by atoms with E-state index in [1.807, 2.05) is 29.8 Å². The fourth-order valence-electron chi connectivity index (χ4n) is 1.62. The van der Waals surface area contributed by atoms with Crippen molar-refractivity contribution in [3.63, 3.8) is 0 Å². The van der Waals surface area contributed by atoms with Crippen LogP contribution in [0, 0.1) is 0 Å². The van der Waals surface area contributed by atoms with Crippen LogP contribution in [0.1, 0.15) is 10.6 Å². The molecule has 0 aliphatic rings. The molecular formula is C12H17Cl2N3S. The lowest BCUT2D eigenvalue weighted by molar-refractivity contribution is 0.318. The largest absolute Gasteiger partial charge is 0.399 e. The molecule has 0 unspecified atom stereocenters. The topological polar surface area (TPSA) is 42.1 Å². The Labute approximate surface area is 124 Å². The average molecular weight is 306 g/mol. The van der Waals surface area contributed by atoms with Gasteiger partial charge in [0, 0.05) is 23.8 Å². The molecule has 0 saturated heterocycles. The highest BCUT2D eigenvalue weighted by Crippen LogP contribution is 2.12. The van der Waals surface area contributed by atoms with Crippen LogP contribution in [0.3, 0.4) is 0 Å². The van der Waals surface area contributed by atoms with Crippen LogP contribution >= 0.6 is 36.2 Å². The van der Waals surface area contributed by atoms with Gasteiger partial charge in [-0.3, -0.25) is 4.90 Å². The highest BCUT2D eigenvalue weighted by molar-refractivity contribution is 7.09. The fourth-order valence-corrected chi connectivity index (χ4v) is 2.32. The zero-order valence-corrected chi connectivity index (χ0v) is 12.5. The maximum Gasteiger partial charge on any atom is 0.107 e. The van der Waals surface area contributed by atoms with Crippen LogP contribution in [0.2, 0.25) is 0 Å². The molecule has 2 aromatic rings. The maximum atomic E-state index is 5.74. The van der Waals surface area contributed by atoms with Gasteiger partial charge in [0.25, 0.3) is 0 Å². The Balaban J connectivity index is 0.00000144. The molecule has 100 valence electrons. The smallest absolute Gasteiger partial charge is 0.107 e. The number of anilines is 1. The van der Waals surface area contributed by atoms with E-state index < -0.39 is 0 Å². The first-order valence-corrected chi connectivity index (χ1v) is 6.03. The van der Waals surface area contributed by atoms with Gasteiger partial charge in [0.2, 0.25) is 0 Å². The van der Waals surface area contributed by atoms with Gasteiger partial charge in [-0.25, -0.2) is 4.98 Å². The van der Waals surface area contributed by atoms with Crippen molar-refractivity contribution < 1.29 is 0 Å². The molecule has 0 amide bonds. The van der Waals surface area contributed by atoms with Crippen LogP contribution in [-0.4, -0.2) is 16.9 Å². The monoisotopic (exact) mass is 305 g/mol. The van der Waals surface area contributed by atoms with Crippen LogP contribution in [0.15, 0.2) is 35.8 Å². The molecule has 0 atom stereocenters. The van der Waals surface area contributed by atoms with Gasteiger partial charge in [-0.15, -0.1) is 36.2 Å². The highest BCUT2D eigenvalue weighted by atomic mass is 35.5. The van der Waals surface area contributed by atoms with E-state index in [4.69, 9.17) is 5.73 Å². The molecule has 6 heteroatoms. The molecule has 0 saturated carbocycles. The zero-order chi connectivity index (χ0) is 11.4. The van der Waals surface area contributed by atoms with Gasteiger partial charge in [-0.1, -0.05) is 12.1 Å². The Morgan fingerprint density at radius 1 is 1.28 bits per heavy atom. The van der Waals surface area contributed by atoms with Gasteiger partial charge in [0.1, 0.15) is 5.01 Å². The molecule has 2 N–H and O–H groups in total. The zero-order valence-electron chi connectivity index (χ0n) is 10.1. The van der Waals surface area contributed by atoms with Crippen LogP contribution in [0.4, 0.5) is 5.69 Å². The van der Waals surface area contributed by atoms with E-state index in [0.717, 1.165) is 23.8 Å². The van der Waals surface area contributed by atoms with Gasteiger partial charge < -0.3 is 5.73 Å². The second kappa shape index (κ2) is 8.32. The summed E-state index contributed by atoms with van der Waals surface area (Å²) in [6.45, 7) is 1.77. The van der Waals surface area contributed by atoms with Crippen molar-refractivity contribution >= 4 is 41.8 Å². The number of thiazole rings is 1. The Morgan fingerprint density at radius 3 is 2.67 bits per heavy atom. The molecule has 18 heavy (non-hydrogen) atoms. The molecule has 0 bridgehead atoms. The average Bonchev–Trinajstić information content (AvgIpc) is 2.70. The number of rotatable bonds is 4. The molecule has 0 fully saturated rings. The molecule has 0 aliphatic heterocycles. The first kappa shape index (κ1) is 17.2. The number of hydrogen-bond acceptors (Lipinski definition) is 4. The summed E-state index contributed by atoms with van der Waals surface area (Å²) in [4.78, 5) is 6.50. The predicted molar refractivity (Wildman–Crippen MR) is 82.6 cm³/mol. The molecule has 0 aliphatic carbocycles. The number of nitrogen functional groups attached to an aromatic ring is 1. The van der Waals surface area contributed by atoms with Gasteiger partial charge in [0.15, 0.2) is 0 Å². The van der Waals surface area contributed by atoms with Crippen molar-refractivity contribution in [2.45, 2.75) is 13.1 Å². The number of benzene rings is 1. The van der Waals surface area contributed by atoms with Crippen LogP contribution in [0.25, 0.3) is 0 Å². The van der Waals surface area contributed by atoms with Crippen molar-refractivity contribution in [2.75, 3.05) is 12.8 Å². The first-order chi connectivity index (χ1) is 7.74. The lowest BCUT2D eigenvalue weighted by Crippen LogP contribution is -2.17. The first-order valence-electron chi connectivity index (χ1n) is 5.15. The maximum absolute atomic E-state index is 5.74. The van der Waals surface area contributed by atoms with Gasteiger partial charge >= 0.3 is 0 Å². The number of nitrogens with two attached hydrogens (primary N) is 1. The summed E-state index contributed by atoms with van der Waals surface area (Å²) in [5.41, 5.74) is 7.80. The number of hydrogen-bond donors (Lipinski definition) is 1. The van der Waals surface area contributed by atoms with Crippen molar-refractivity contribution in [1.82, 2.24) is 9.88 Å². The number of nitrogens with zero attached hydrogens (tertiary/aromatic N) is 2. The summed E-state index contributed by atoms with van der Waals surface area (Å²) in [6.07, 6.45) is 1.84. The minimum atomic E-state index is 0. The van der Waals surface area contributed by atoms with Gasteiger partial charge in [-0.05, 0) is 24.7 Å². The van der Waals surface area contributed by atoms with Gasteiger partial charge in [-0.2, -0.15) is 0 Å². The van der Waals surface area contributed by atoms with Crippen molar-refractivity contribution in [3.05, 3.63) is 46.4 Å². The minimum Gasteiger partial charge on any atom is -0.399 e. The van der Waals surface area contributed by atoms with E-state index in [2.05, 4.69) is 23.0 Å². The summed E-state index contributed by atoms with van der Waals surface area (Å²) in [6, 6.07) is 8.00. The summed E-state index contributed by atoms with van der Waals surface area (Å²) in [5, 5.41) is 3.15. The standard InChI is InChI=1S/C12H15N3S.2ClH/c1-15(9-12-14-5-6-16-12)8-10-3-2-4-11(13)7-10;;/h2-7H,8-9,13H2,1H3;2*1H. The van der Waals surface area contributed by atoms with E-state index in [0.29, 0.717) is 0 Å².